The van der Waals surface area contributed by atoms with E-state index in [9.17, 15) is 4.79 Å². The summed E-state index contributed by atoms with van der Waals surface area (Å²) in [6.07, 6.45) is 7.62. The Hall–Kier alpha value is -3.58. The lowest BCUT2D eigenvalue weighted by Gasteiger charge is -2.32. The van der Waals surface area contributed by atoms with Gasteiger partial charge in [-0.1, -0.05) is 36.0 Å². The number of aromatic nitrogens is 3. The van der Waals surface area contributed by atoms with Crippen LogP contribution < -0.4 is 10.2 Å². The second-order valence-electron chi connectivity index (χ2n) is 7.17. The third-order valence-corrected chi connectivity index (χ3v) is 6.29. The maximum Gasteiger partial charge on any atom is 0.252 e. The van der Waals surface area contributed by atoms with Crippen molar-refractivity contribution >= 4 is 29.0 Å². The maximum atomic E-state index is 12.5. The molecular weight excluding hydrogens is 406 g/mol. The van der Waals surface area contributed by atoms with E-state index in [1.807, 2.05) is 12.3 Å². The summed E-state index contributed by atoms with van der Waals surface area (Å²) >= 11 is 1.80. The minimum atomic E-state index is -0.111. The SMILES string of the molecule is O=C(NCCCN1c2ccccc2Sc2ccccc21)c1ccc(-n2ccnc2)nc1. The highest BCUT2D eigenvalue weighted by Crippen LogP contribution is 2.47. The molecule has 3 heterocycles. The third kappa shape index (κ3) is 4.04. The summed E-state index contributed by atoms with van der Waals surface area (Å²) in [7, 11) is 0. The van der Waals surface area contributed by atoms with Gasteiger partial charge in [-0.05, 0) is 42.8 Å². The third-order valence-electron chi connectivity index (χ3n) is 5.16. The van der Waals surface area contributed by atoms with Gasteiger partial charge in [-0.3, -0.25) is 9.36 Å². The molecule has 0 aliphatic carbocycles. The van der Waals surface area contributed by atoms with Crippen LogP contribution in [0.15, 0.2) is 95.4 Å². The quantitative estimate of drug-likeness (QED) is 0.452. The predicted molar refractivity (Wildman–Crippen MR) is 122 cm³/mol. The van der Waals surface area contributed by atoms with Crippen LogP contribution >= 0.6 is 11.8 Å². The van der Waals surface area contributed by atoms with Crippen LogP contribution in [0.5, 0.6) is 0 Å². The molecule has 154 valence electrons. The fourth-order valence-corrected chi connectivity index (χ4v) is 4.73. The molecule has 1 N–H and O–H groups in total. The van der Waals surface area contributed by atoms with Crippen molar-refractivity contribution in [3.8, 4) is 5.82 Å². The summed E-state index contributed by atoms with van der Waals surface area (Å²) in [5.41, 5.74) is 2.99. The Bertz CT molecular complexity index is 1150. The van der Waals surface area contributed by atoms with Crippen molar-refractivity contribution in [1.29, 1.82) is 0 Å². The first-order chi connectivity index (χ1) is 15.3. The predicted octanol–water partition coefficient (Wildman–Crippen LogP) is 4.69. The van der Waals surface area contributed by atoms with Crippen molar-refractivity contribution < 1.29 is 4.79 Å². The fourth-order valence-electron chi connectivity index (χ4n) is 3.63. The number of rotatable bonds is 6. The lowest BCUT2D eigenvalue weighted by atomic mass is 10.2. The van der Waals surface area contributed by atoms with Crippen LogP contribution in [0.1, 0.15) is 16.8 Å². The van der Waals surface area contributed by atoms with Crippen LogP contribution in [0, 0.1) is 0 Å². The van der Waals surface area contributed by atoms with Gasteiger partial charge < -0.3 is 10.2 Å². The number of hydrogen-bond donors (Lipinski definition) is 1. The monoisotopic (exact) mass is 427 g/mol. The molecule has 0 saturated carbocycles. The van der Waals surface area contributed by atoms with Gasteiger partial charge in [0.15, 0.2) is 0 Å². The standard InChI is InChI=1S/C24H21N5OS/c30-24(18-10-11-23(27-16-18)28-15-13-25-17-28)26-12-5-14-29-19-6-1-3-8-21(19)31-22-9-4-2-7-20(22)29/h1-4,6-11,13,15-17H,5,12,14H2,(H,26,30). The Morgan fingerprint density at radius 1 is 0.968 bits per heavy atom. The van der Waals surface area contributed by atoms with E-state index >= 15 is 0 Å². The first-order valence-electron chi connectivity index (χ1n) is 10.2. The Morgan fingerprint density at radius 2 is 1.71 bits per heavy atom. The second kappa shape index (κ2) is 8.65. The Balaban J connectivity index is 1.21. The van der Waals surface area contributed by atoms with Gasteiger partial charge in [0.2, 0.25) is 0 Å². The van der Waals surface area contributed by atoms with E-state index in [-0.39, 0.29) is 5.91 Å². The van der Waals surface area contributed by atoms with Gasteiger partial charge >= 0.3 is 0 Å². The molecule has 1 aliphatic rings. The molecule has 1 amide bonds. The van der Waals surface area contributed by atoms with E-state index in [4.69, 9.17) is 0 Å². The van der Waals surface area contributed by atoms with Crippen molar-refractivity contribution in [3.05, 3.63) is 91.1 Å². The first-order valence-corrected chi connectivity index (χ1v) is 11.0. The largest absolute Gasteiger partial charge is 0.352 e. The molecule has 0 saturated heterocycles. The van der Waals surface area contributed by atoms with Crippen molar-refractivity contribution in [2.24, 2.45) is 0 Å². The lowest BCUT2D eigenvalue weighted by Crippen LogP contribution is -2.29. The molecule has 2 aromatic heterocycles. The van der Waals surface area contributed by atoms with E-state index in [1.54, 1.807) is 41.1 Å². The van der Waals surface area contributed by atoms with Crippen molar-refractivity contribution in [2.45, 2.75) is 16.2 Å². The Labute approximate surface area is 185 Å². The van der Waals surface area contributed by atoms with E-state index in [2.05, 4.69) is 68.7 Å². The molecule has 1 aliphatic heterocycles. The van der Waals surface area contributed by atoms with E-state index in [1.165, 1.54) is 21.2 Å². The number of imidazole rings is 1. The minimum Gasteiger partial charge on any atom is -0.352 e. The molecule has 0 radical (unpaired) electrons. The molecule has 6 nitrogen and oxygen atoms in total. The number of fused-ring (bicyclic) bond motifs is 2. The summed E-state index contributed by atoms with van der Waals surface area (Å²) in [5, 5.41) is 3.01. The van der Waals surface area contributed by atoms with E-state index in [0.717, 1.165) is 18.8 Å². The molecule has 7 heteroatoms. The van der Waals surface area contributed by atoms with Crippen LogP contribution in [0.2, 0.25) is 0 Å². The summed E-state index contributed by atoms with van der Waals surface area (Å²) in [6, 6.07) is 20.5. The van der Waals surface area contributed by atoms with Gasteiger partial charge in [-0.25, -0.2) is 9.97 Å². The van der Waals surface area contributed by atoms with Crippen LogP contribution in [-0.2, 0) is 0 Å². The average Bonchev–Trinajstić information content (AvgIpc) is 3.36. The number of amides is 1. The summed E-state index contributed by atoms with van der Waals surface area (Å²) in [6.45, 7) is 1.42. The first kappa shape index (κ1) is 19.4. The van der Waals surface area contributed by atoms with Gasteiger partial charge in [0, 0.05) is 41.5 Å². The molecule has 0 atom stereocenters. The maximum absolute atomic E-state index is 12.5. The number of anilines is 2. The molecule has 0 bridgehead atoms. The zero-order valence-electron chi connectivity index (χ0n) is 16.8. The van der Waals surface area contributed by atoms with Crippen LogP contribution in [0.3, 0.4) is 0 Å². The summed E-state index contributed by atoms with van der Waals surface area (Å²) in [5.74, 6) is 0.619. The number of benzene rings is 2. The summed E-state index contributed by atoms with van der Waals surface area (Å²) in [4.78, 5) is 25.7. The topological polar surface area (TPSA) is 63.1 Å². The van der Waals surface area contributed by atoms with Crippen LogP contribution in [-0.4, -0.2) is 33.5 Å². The van der Waals surface area contributed by atoms with E-state index < -0.39 is 0 Å². The van der Waals surface area contributed by atoms with Crippen LogP contribution in [0.25, 0.3) is 5.82 Å². The normalized spacial score (nSPS) is 12.2. The number of carbonyl (C=O) groups excluding carboxylic acids is 1. The zero-order valence-corrected chi connectivity index (χ0v) is 17.6. The smallest absolute Gasteiger partial charge is 0.252 e. The second-order valence-corrected chi connectivity index (χ2v) is 8.26. The molecule has 2 aromatic carbocycles. The summed E-state index contributed by atoms with van der Waals surface area (Å²) < 4.78 is 1.80. The highest BCUT2D eigenvalue weighted by atomic mass is 32.2. The number of carbonyl (C=O) groups is 1. The highest BCUT2D eigenvalue weighted by molar-refractivity contribution is 7.99. The van der Waals surface area contributed by atoms with Crippen molar-refractivity contribution in [3.63, 3.8) is 0 Å². The van der Waals surface area contributed by atoms with Crippen molar-refractivity contribution in [1.82, 2.24) is 19.9 Å². The molecule has 4 aromatic rings. The van der Waals surface area contributed by atoms with Gasteiger partial charge in [-0.2, -0.15) is 0 Å². The number of pyridine rings is 1. The molecule has 5 rings (SSSR count). The van der Waals surface area contributed by atoms with Crippen LogP contribution in [0.4, 0.5) is 11.4 Å². The fraction of sp³-hybridized carbons (Fsp3) is 0.125. The molecular formula is C24H21N5OS. The number of hydrogen-bond acceptors (Lipinski definition) is 5. The van der Waals surface area contributed by atoms with Gasteiger partial charge in [-0.15, -0.1) is 0 Å². The highest BCUT2D eigenvalue weighted by Gasteiger charge is 2.22. The lowest BCUT2D eigenvalue weighted by molar-refractivity contribution is 0.0953. The number of nitrogens with one attached hydrogen (secondary N) is 1. The Kier molecular flexibility index (Phi) is 5.41. The minimum absolute atomic E-state index is 0.111. The number of para-hydroxylation sites is 2. The molecule has 0 fully saturated rings. The zero-order chi connectivity index (χ0) is 21.0. The number of nitrogens with zero attached hydrogens (tertiary/aromatic N) is 4. The Morgan fingerprint density at radius 3 is 2.35 bits per heavy atom. The molecule has 31 heavy (non-hydrogen) atoms. The van der Waals surface area contributed by atoms with Crippen molar-refractivity contribution in [2.75, 3.05) is 18.0 Å². The molecule has 0 unspecified atom stereocenters. The van der Waals surface area contributed by atoms with Gasteiger partial charge in [0.05, 0.1) is 16.9 Å². The van der Waals surface area contributed by atoms with Gasteiger partial charge in [0.1, 0.15) is 12.1 Å². The van der Waals surface area contributed by atoms with E-state index in [0.29, 0.717) is 12.1 Å². The average molecular weight is 428 g/mol. The molecule has 0 spiro atoms. The van der Waals surface area contributed by atoms with Gasteiger partial charge in [0.25, 0.3) is 5.91 Å².